The van der Waals surface area contributed by atoms with Gasteiger partial charge in [-0.1, -0.05) is 18.2 Å². The van der Waals surface area contributed by atoms with E-state index in [4.69, 9.17) is 10.8 Å². The van der Waals surface area contributed by atoms with Crippen LogP contribution < -0.4 is 11.1 Å². The quantitative estimate of drug-likeness (QED) is 0.645. The van der Waals surface area contributed by atoms with Gasteiger partial charge >= 0.3 is 0 Å². The minimum atomic E-state index is -0.866. The Bertz CT molecular complexity index is 326. The summed E-state index contributed by atoms with van der Waals surface area (Å²) in [6, 6.07) is 6.52. The van der Waals surface area contributed by atoms with Crippen LogP contribution in [-0.2, 0) is 4.79 Å². The molecule has 0 heterocycles. The predicted molar refractivity (Wildman–Crippen MR) is 54.9 cm³/mol. The Morgan fingerprint density at radius 2 is 2.21 bits per heavy atom. The Morgan fingerprint density at radius 1 is 1.57 bits per heavy atom. The van der Waals surface area contributed by atoms with Gasteiger partial charge in [-0.25, -0.2) is 0 Å². The fraction of sp³-hybridized carbons (Fsp3) is 0.300. The topological polar surface area (TPSA) is 75.4 Å². The zero-order valence-electron chi connectivity index (χ0n) is 8.03. The number of rotatable bonds is 3. The van der Waals surface area contributed by atoms with Crippen molar-refractivity contribution in [1.82, 2.24) is 0 Å². The van der Waals surface area contributed by atoms with E-state index in [-0.39, 0.29) is 12.5 Å². The Morgan fingerprint density at radius 3 is 2.79 bits per heavy atom. The van der Waals surface area contributed by atoms with Gasteiger partial charge < -0.3 is 16.2 Å². The predicted octanol–water partition coefficient (Wildman–Crippen LogP) is 0.253. The Labute approximate surface area is 82.7 Å². The van der Waals surface area contributed by atoms with Crippen LogP contribution in [0, 0.1) is 6.92 Å². The summed E-state index contributed by atoms with van der Waals surface area (Å²) in [5.41, 5.74) is 7.04. The number of amides is 1. The molecular formula is C10H14N2O2. The number of nitrogens with two attached hydrogens (primary N) is 1. The standard InChI is InChI=1S/C10H14N2O2/c1-7-4-2-3-5-9(7)12-10(14)8(11)6-13/h2-5,8,13H,6,11H2,1H3,(H,12,14). The fourth-order valence-electron chi connectivity index (χ4n) is 1.02. The average molecular weight is 194 g/mol. The molecule has 4 heteroatoms. The summed E-state index contributed by atoms with van der Waals surface area (Å²) in [5.74, 6) is -0.373. The van der Waals surface area contributed by atoms with Gasteiger partial charge in [0.2, 0.25) is 5.91 Å². The van der Waals surface area contributed by atoms with Crippen LogP contribution in [0.1, 0.15) is 5.56 Å². The molecule has 1 aromatic rings. The highest BCUT2D eigenvalue weighted by Gasteiger charge is 2.12. The van der Waals surface area contributed by atoms with E-state index >= 15 is 0 Å². The van der Waals surface area contributed by atoms with Crippen LogP contribution in [0.25, 0.3) is 0 Å². The Hall–Kier alpha value is -1.39. The second kappa shape index (κ2) is 4.74. The smallest absolute Gasteiger partial charge is 0.243 e. The first kappa shape index (κ1) is 10.7. The zero-order chi connectivity index (χ0) is 10.6. The zero-order valence-corrected chi connectivity index (χ0v) is 8.03. The monoisotopic (exact) mass is 194 g/mol. The van der Waals surface area contributed by atoms with Crippen molar-refractivity contribution in [3.63, 3.8) is 0 Å². The molecule has 76 valence electrons. The molecule has 0 bridgehead atoms. The molecule has 0 radical (unpaired) electrons. The van der Waals surface area contributed by atoms with E-state index < -0.39 is 6.04 Å². The third kappa shape index (κ3) is 2.55. The lowest BCUT2D eigenvalue weighted by atomic mass is 10.2. The van der Waals surface area contributed by atoms with Crippen LogP contribution in [0.15, 0.2) is 24.3 Å². The minimum absolute atomic E-state index is 0.349. The van der Waals surface area contributed by atoms with Crippen LogP contribution in [0.2, 0.25) is 0 Å². The van der Waals surface area contributed by atoms with Gasteiger partial charge in [-0.05, 0) is 18.6 Å². The molecule has 4 nitrogen and oxygen atoms in total. The summed E-state index contributed by atoms with van der Waals surface area (Å²) >= 11 is 0. The first-order valence-electron chi connectivity index (χ1n) is 4.38. The molecule has 0 spiro atoms. The van der Waals surface area contributed by atoms with Crippen molar-refractivity contribution in [3.05, 3.63) is 29.8 Å². The average Bonchev–Trinajstić information content (AvgIpc) is 2.20. The van der Waals surface area contributed by atoms with E-state index in [0.29, 0.717) is 0 Å². The molecule has 0 aromatic heterocycles. The molecular weight excluding hydrogens is 180 g/mol. The lowest BCUT2D eigenvalue weighted by molar-refractivity contribution is -0.118. The van der Waals surface area contributed by atoms with Crippen LogP contribution >= 0.6 is 0 Å². The van der Waals surface area contributed by atoms with Crippen LogP contribution in [0.5, 0.6) is 0 Å². The molecule has 0 saturated carbocycles. The van der Waals surface area contributed by atoms with Gasteiger partial charge in [0, 0.05) is 5.69 Å². The molecule has 1 unspecified atom stereocenters. The third-order valence-corrected chi connectivity index (χ3v) is 1.94. The number of aryl methyl sites for hydroxylation is 1. The van der Waals surface area contributed by atoms with Gasteiger partial charge in [0.05, 0.1) is 6.61 Å². The third-order valence-electron chi connectivity index (χ3n) is 1.94. The van der Waals surface area contributed by atoms with Crippen molar-refractivity contribution >= 4 is 11.6 Å². The summed E-state index contributed by atoms with van der Waals surface area (Å²) in [5, 5.41) is 11.3. The second-order valence-corrected chi connectivity index (χ2v) is 3.09. The number of carbonyl (C=O) groups excluding carboxylic acids is 1. The maximum absolute atomic E-state index is 11.3. The van der Waals surface area contributed by atoms with E-state index in [1.165, 1.54) is 0 Å². The molecule has 0 aliphatic rings. The molecule has 4 N–H and O–H groups in total. The lowest BCUT2D eigenvalue weighted by Crippen LogP contribution is -2.38. The highest BCUT2D eigenvalue weighted by molar-refractivity contribution is 5.95. The maximum Gasteiger partial charge on any atom is 0.243 e. The van der Waals surface area contributed by atoms with Gasteiger partial charge in [0.15, 0.2) is 0 Å². The molecule has 1 rings (SSSR count). The Kier molecular flexibility index (Phi) is 3.62. The molecule has 0 fully saturated rings. The molecule has 14 heavy (non-hydrogen) atoms. The number of aliphatic hydroxyl groups excluding tert-OH is 1. The number of aliphatic hydroxyl groups is 1. The van der Waals surface area contributed by atoms with Gasteiger partial charge in [0.25, 0.3) is 0 Å². The maximum atomic E-state index is 11.3. The second-order valence-electron chi connectivity index (χ2n) is 3.09. The van der Waals surface area contributed by atoms with Gasteiger partial charge in [-0.3, -0.25) is 4.79 Å². The summed E-state index contributed by atoms with van der Waals surface area (Å²) < 4.78 is 0. The number of carbonyl (C=O) groups is 1. The minimum Gasteiger partial charge on any atom is -0.394 e. The fourth-order valence-corrected chi connectivity index (χ4v) is 1.02. The first-order valence-corrected chi connectivity index (χ1v) is 4.38. The normalized spacial score (nSPS) is 12.2. The molecule has 1 amide bonds. The van der Waals surface area contributed by atoms with Crippen LogP contribution in [0.4, 0.5) is 5.69 Å². The number of benzene rings is 1. The summed E-state index contributed by atoms with van der Waals surface area (Å²) in [7, 11) is 0. The number of para-hydroxylation sites is 1. The number of nitrogens with one attached hydrogen (secondary N) is 1. The van der Waals surface area contributed by atoms with Crippen molar-refractivity contribution in [2.75, 3.05) is 11.9 Å². The van der Waals surface area contributed by atoms with Gasteiger partial charge in [-0.15, -0.1) is 0 Å². The van der Waals surface area contributed by atoms with Crippen molar-refractivity contribution in [3.8, 4) is 0 Å². The van der Waals surface area contributed by atoms with E-state index in [1.807, 2.05) is 25.1 Å². The highest BCUT2D eigenvalue weighted by Crippen LogP contribution is 2.12. The van der Waals surface area contributed by atoms with Crippen molar-refractivity contribution in [1.29, 1.82) is 0 Å². The first-order chi connectivity index (χ1) is 6.65. The largest absolute Gasteiger partial charge is 0.394 e. The van der Waals surface area contributed by atoms with E-state index in [2.05, 4.69) is 5.32 Å². The molecule has 0 aliphatic carbocycles. The molecule has 1 aromatic carbocycles. The number of anilines is 1. The highest BCUT2D eigenvalue weighted by atomic mass is 16.3. The summed E-state index contributed by atoms with van der Waals surface area (Å²) in [4.78, 5) is 11.3. The molecule has 1 atom stereocenters. The van der Waals surface area contributed by atoms with Crippen LogP contribution in [-0.4, -0.2) is 23.7 Å². The molecule has 0 aliphatic heterocycles. The van der Waals surface area contributed by atoms with Crippen LogP contribution in [0.3, 0.4) is 0 Å². The van der Waals surface area contributed by atoms with E-state index in [9.17, 15) is 4.79 Å². The van der Waals surface area contributed by atoms with Crippen molar-refractivity contribution in [2.24, 2.45) is 5.73 Å². The number of hydrogen-bond acceptors (Lipinski definition) is 3. The van der Waals surface area contributed by atoms with E-state index in [0.717, 1.165) is 11.3 Å². The summed E-state index contributed by atoms with van der Waals surface area (Å²) in [6.45, 7) is 1.54. The van der Waals surface area contributed by atoms with E-state index in [1.54, 1.807) is 6.07 Å². The summed E-state index contributed by atoms with van der Waals surface area (Å²) in [6.07, 6.45) is 0. The Balaban J connectivity index is 2.70. The van der Waals surface area contributed by atoms with Crippen molar-refractivity contribution < 1.29 is 9.90 Å². The SMILES string of the molecule is Cc1ccccc1NC(=O)C(N)CO. The van der Waals surface area contributed by atoms with Gasteiger partial charge in [-0.2, -0.15) is 0 Å². The molecule has 0 saturated heterocycles. The number of hydrogen-bond donors (Lipinski definition) is 3. The van der Waals surface area contributed by atoms with Gasteiger partial charge in [0.1, 0.15) is 6.04 Å². The van der Waals surface area contributed by atoms with Crippen molar-refractivity contribution in [2.45, 2.75) is 13.0 Å². The lowest BCUT2D eigenvalue weighted by Gasteiger charge is -2.11.